The average molecular weight is 366 g/mol. The molecule has 2 atom stereocenters. The van der Waals surface area contributed by atoms with Gasteiger partial charge in [0.25, 0.3) is 5.91 Å². The molecule has 0 saturated heterocycles. The molecule has 0 unspecified atom stereocenters. The number of hydrogen-bond acceptors (Lipinski definition) is 6. The average Bonchev–Trinajstić information content (AvgIpc) is 3.23. The van der Waals surface area contributed by atoms with Crippen LogP contribution in [-0.4, -0.2) is 44.8 Å². The fourth-order valence-electron chi connectivity index (χ4n) is 3.41. The molecule has 0 spiro atoms. The van der Waals surface area contributed by atoms with E-state index in [-0.39, 0.29) is 11.4 Å². The summed E-state index contributed by atoms with van der Waals surface area (Å²) in [5, 5.41) is 17.4. The summed E-state index contributed by atoms with van der Waals surface area (Å²) in [4.78, 5) is 28.6. The lowest BCUT2D eigenvalue weighted by Gasteiger charge is -2.17. The van der Waals surface area contributed by atoms with Gasteiger partial charge in [-0.25, -0.2) is 14.3 Å². The zero-order chi connectivity index (χ0) is 19.1. The Bertz CT molecular complexity index is 1060. The third-order valence-electron chi connectivity index (χ3n) is 4.72. The highest BCUT2D eigenvalue weighted by Crippen LogP contribution is 2.31. The van der Waals surface area contributed by atoms with Crippen LogP contribution in [0.25, 0.3) is 5.65 Å². The van der Waals surface area contributed by atoms with Gasteiger partial charge in [0, 0.05) is 18.2 Å². The minimum Gasteiger partial charge on any atom is -0.464 e. The SMILES string of the molecule is COC(=O)c1cc(C)n2nc(C(=O)N[C@@H]3c4ccccc4C[C@@H]3O)cc2n1. The molecule has 3 aromatic rings. The number of aryl methyl sites for hydroxylation is 1. The molecule has 1 amide bonds. The molecule has 8 nitrogen and oxygen atoms in total. The Kier molecular flexibility index (Phi) is 4.12. The molecule has 0 radical (unpaired) electrons. The summed E-state index contributed by atoms with van der Waals surface area (Å²) in [6.07, 6.45) is -0.190. The zero-order valence-electron chi connectivity index (χ0n) is 14.8. The molecule has 0 aliphatic heterocycles. The van der Waals surface area contributed by atoms with Crippen LogP contribution in [-0.2, 0) is 11.2 Å². The number of amides is 1. The number of ether oxygens (including phenoxy) is 1. The second kappa shape index (κ2) is 6.48. The van der Waals surface area contributed by atoms with Crippen molar-refractivity contribution in [2.24, 2.45) is 0 Å². The predicted molar refractivity (Wildman–Crippen MR) is 95.4 cm³/mol. The second-order valence-electron chi connectivity index (χ2n) is 6.50. The van der Waals surface area contributed by atoms with E-state index < -0.39 is 24.0 Å². The fraction of sp³-hybridized carbons (Fsp3) is 0.263. The third kappa shape index (κ3) is 2.93. The number of fused-ring (bicyclic) bond motifs is 2. The largest absolute Gasteiger partial charge is 0.464 e. The number of aliphatic hydroxyl groups excluding tert-OH is 1. The van der Waals surface area contributed by atoms with Gasteiger partial charge >= 0.3 is 5.97 Å². The van der Waals surface area contributed by atoms with Gasteiger partial charge < -0.3 is 15.2 Å². The van der Waals surface area contributed by atoms with Gasteiger partial charge in [-0.1, -0.05) is 24.3 Å². The van der Waals surface area contributed by atoms with E-state index in [9.17, 15) is 14.7 Å². The standard InChI is InChI=1S/C19H18N4O4/c1-10-7-14(19(26)27-2)20-16-9-13(22-23(10)16)18(25)21-17-12-6-4-3-5-11(12)8-15(17)24/h3-7,9,15,17,24H,8H2,1-2H3,(H,21,25)/t15-,17+/m0/s1. The lowest BCUT2D eigenvalue weighted by Crippen LogP contribution is -2.34. The number of methoxy groups -OCH3 is 1. The maximum atomic E-state index is 12.7. The molecule has 4 rings (SSSR count). The Morgan fingerprint density at radius 1 is 1.26 bits per heavy atom. The Hall–Kier alpha value is -3.26. The van der Waals surface area contributed by atoms with Crippen molar-refractivity contribution in [1.82, 2.24) is 19.9 Å². The highest BCUT2D eigenvalue weighted by atomic mass is 16.5. The molecule has 2 heterocycles. The predicted octanol–water partition coefficient (Wildman–Crippen LogP) is 1.21. The molecule has 2 aromatic heterocycles. The normalized spacial score (nSPS) is 18.3. The lowest BCUT2D eigenvalue weighted by molar-refractivity contribution is 0.0594. The maximum absolute atomic E-state index is 12.7. The van der Waals surface area contributed by atoms with Crippen molar-refractivity contribution in [2.75, 3.05) is 7.11 Å². The summed E-state index contributed by atoms with van der Waals surface area (Å²) in [6, 6.07) is 10.2. The Morgan fingerprint density at radius 2 is 2.04 bits per heavy atom. The molecule has 8 heteroatoms. The maximum Gasteiger partial charge on any atom is 0.356 e. The number of benzene rings is 1. The van der Waals surface area contributed by atoms with Crippen molar-refractivity contribution in [2.45, 2.75) is 25.5 Å². The molecule has 0 fully saturated rings. The number of carbonyl (C=O) groups is 2. The minimum absolute atomic E-state index is 0.148. The number of carbonyl (C=O) groups excluding carboxylic acids is 2. The molecule has 0 saturated carbocycles. The van der Waals surface area contributed by atoms with E-state index in [1.54, 1.807) is 13.0 Å². The van der Waals surface area contributed by atoms with E-state index in [4.69, 9.17) is 4.74 Å². The van der Waals surface area contributed by atoms with Crippen LogP contribution in [0.15, 0.2) is 36.4 Å². The van der Waals surface area contributed by atoms with Gasteiger partial charge in [-0.2, -0.15) is 5.10 Å². The van der Waals surface area contributed by atoms with Crippen LogP contribution < -0.4 is 5.32 Å². The van der Waals surface area contributed by atoms with Crippen LogP contribution in [0.2, 0.25) is 0 Å². The smallest absolute Gasteiger partial charge is 0.356 e. The molecule has 1 aliphatic carbocycles. The molecular formula is C19H18N4O4. The van der Waals surface area contributed by atoms with Crippen molar-refractivity contribution in [3.05, 3.63) is 64.6 Å². The van der Waals surface area contributed by atoms with Crippen molar-refractivity contribution in [3.8, 4) is 0 Å². The first kappa shape index (κ1) is 17.2. The highest BCUT2D eigenvalue weighted by molar-refractivity contribution is 5.94. The number of esters is 1. The number of nitrogens with zero attached hydrogens (tertiary/aromatic N) is 3. The van der Waals surface area contributed by atoms with E-state index in [0.717, 1.165) is 11.1 Å². The molecular weight excluding hydrogens is 348 g/mol. The monoisotopic (exact) mass is 366 g/mol. The summed E-state index contributed by atoms with van der Waals surface area (Å²) in [7, 11) is 1.28. The molecule has 27 heavy (non-hydrogen) atoms. The summed E-state index contributed by atoms with van der Waals surface area (Å²) < 4.78 is 6.18. The van der Waals surface area contributed by atoms with Gasteiger partial charge in [-0.05, 0) is 24.1 Å². The molecule has 1 aromatic carbocycles. The third-order valence-corrected chi connectivity index (χ3v) is 4.72. The highest BCUT2D eigenvalue weighted by Gasteiger charge is 2.32. The van der Waals surface area contributed by atoms with Crippen LogP contribution in [0.1, 0.15) is 43.8 Å². The first-order valence-electron chi connectivity index (χ1n) is 8.50. The molecule has 2 N–H and O–H groups in total. The topological polar surface area (TPSA) is 106 Å². The number of hydrogen-bond donors (Lipinski definition) is 2. The number of aliphatic hydroxyl groups is 1. The first-order chi connectivity index (χ1) is 13.0. The summed E-state index contributed by atoms with van der Waals surface area (Å²) in [5.41, 5.74) is 3.24. The number of aromatic nitrogens is 3. The molecule has 1 aliphatic rings. The van der Waals surface area contributed by atoms with Crippen molar-refractivity contribution in [1.29, 1.82) is 0 Å². The fourth-order valence-corrected chi connectivity index (χ4v) is 3.41. The number of nitrogens with one attached hydrogen (secondary N) is 1. The number of rotatable bonds is 3. The van der Waals surface area contributed by atoms with Crippen molar-refractivity contribution in [3.63, 3.8) is 0 Å². The lowest BCUT2D eigenvalue weighted by atomic mass is 10.1. The van der Waals surface area contributed by atoms with Gasteiger partial charge in [0.15, 0.2) is 17.0 Å². The Labute approximate surface area is 154 Å². The Morgan fingerprint density at radius 3 is 2.81 bits per heavy atom. The van der Waals surface area contributed by atoms with Gasteiger partial charge in [0.1, 0.15) is 0 Å². The first-order valence-corrected chi connectivity index (χ1v) is 8.50. The minimum atomic E-state index is -0.686. The van der Waals surface area contributed by atoms with Gasteiger partial charge in [-0.15, -0.1) is 0 Å². The Balaban J connectivity index is 1.64. The summed E-state index contributed by atoms with van der Waals surface area (Å²) in [5.74, 6) is -0.973. The van der Waals surface area contributed by atoms with Gasteiger partial charge in [0.05, 0.1) is 19.3 Å². The van der Waals surface area contributed by atoms with Crippen LogP contribution in [0.4, 0.5) is 0 Å². The van der Waals surface area contributed by atoms with Crippen molar-refractivity contribution < 1.29 is 19.4 Å². The molecule has 138 valence electrons. The van der Waals surface area contributed by atoms with E-state index in [0.29, 0.717) is 17.8 Å². The van der Waals surface area contributed by atoms with Crippen LogP contribution >= 0.6 is 0 Å². The summed E-state index contributed by atoms with van der Waals surface area (Å²) >= 11 is 0. The van der Waals surface area contributed by atoms with Gasteiger partial charge in [0.2, 0.25) is 0 Å². The van der Waals surface area contributed by atoms with E-state index >= 15 is 0 Å². The van der Waals surface area contributed by atoms with Crippen LogP contribution in [0.5, 0.6) is 0 Å². The van der Waals surface area contributed by atoms with E-state index in [1.165, 1.54) is 17.7 Å². The second-order valence-corrected chi connectivity index (χ2v) is 6.50. The quantitative estimate of drug-likeness (QED) is 0.675. The van der Waals surface area contributed by atoms with Crippen molar-refractivity contribution >= 4 is 17.5 Å². The van der Waals surface area contributed by atoms with E-state index in [2.05, 4.69) is 15.4 Å². The van der Waals surface area contributed by atoms with Crippen LogP contribution in [0.3, 0.4) is 0 Å². The van der Waals surface area contributed by atoms with Crippen LogP contribution in [0, 0.1) is 6.92 Å². The zero-order valence-corrected chi connectivity index (χ0v) is 14.8. The van der Waals surface area contributed by atoms with E-state index in [1.807, 2.05) is 24.3 Å². The molecule has 0 bridgehead atoms. The van der Waals surface area contributed by atoms with Gasteiger partial charge in [-0.3, -0.25) is 4.79 Å². The summed E-state index contributed by atoms with van der Waals surface area (Å²) in [6.45, 7) is 1.76.